The monoisotopic (exact) mass is 363 g/mol. The number of rotatable bonds is 2. The molecular formula is C16H16F3N7. The van der Waals surface area contributed by atoms with Crippen molar-refractivity contribution in [2.24, 2.45) is 0 Å². The first-order valence-electron chi connectivity index (χ1n) is 8.12. The number of hydrogen-bond acceptors (Lipinski definition) is 6. The number of fused-ring (bicyclic) bond motifs is 1. The van der Waals surface area contributed by atoms with Crippen LogP contribution in [0.3, 0.4) is 0 Å². The smallest absolute Gasteiger partial charge is 0.353 e. The second-order valence-corrected chi connectivity index (χ2v) is 6.10. The van der Waals surface area contributed by atoms with E-state index in [4.69, 9.17) is 0 Å². The Labute approximate surface area is 147 Å². The summed E-state index contributed by atoms with van der Waals surface area (Å²) in [7, 11) is 0. The summed E-state index contributed by atoms with van der Waals surface area (Å²) in [6, 6.07) is 2.96. The Kier molecular flexibility index (Phi) is 3.89. The predicted octanol–water partition coefficient (Wildman–Crippen LogP) is 2.17. The molecule has 0 radical (unpaired) electrons. The highest BCUT2D eigenvalue weighted by Gasteiger charge is 2.33. The molecule has 7 nitrogen and oxygen atoms in total. The van der Waals surface area contributed by atoms with Gasteiger partial charge in [-0.1, -0.05) is 0 Å². The van der Waals surface area contributed by atoms with Gasteiger partial charge in [0.2, 0.25) is 0 Å². The van der Waals surface area contributed by atoms with E-state index in [0.717, 1.165) is 29.4 Å². The van der Waals surface area contributed by atoms with E-state index in [1.165, 1.54) is 0 Å². The van der Waals surface area contributed by atoms with E-state index < -0.39 is 11.9 Å². The van der Waals surface area contributed by atoms with Crippen LogP contribution in [0.1, 0.15) is 11.4 Å². The van der Waals surface area contributed by atoms with Crippen molar-refractivity contribution in [3.8, 4) is 0 Å². The fraction of sp³-hybridized carbons (Fsp3) is 0.375. The average molecular weight is 363 g/mol. The number of hydrogen-bond donors (Lipinski definition) is 0. The summed E-state index contributed by atoms with van der Waals surface area (Å²) >= 11 is 0. The standard InChI is InChI=1S/C16H16F3N7/c1-11-8-12-15(20-2-3-26(12)23-11)25-6-4-24(5-7-25)14-9-13(16(17,18)19)21-10-22-14/h2-3,8-10H,4-7H2,1H3. The third-order valence-corrected chi connectivity index (χ3v) is 4.34. The third-order valence-electron chi connectivity index (χ3n) is 4.34. The topological polar surface area (TPSA) is 62.5 Å². The minimum absolute atomic E-state index is 0.290. The molecule has 0 atom stereocenters. The molecule has 0 saturated carbocycles. The van der Waals surface area contributed by atoms with Crippen LogP contribution in [0.5, 0.6) is 0 Å². The van der Waals surface area contributed by atoms with Gasteiger partial charge in [0, 0.05) is 44.6 Å². The molecule has 1 aliphatic heterocycles. The van der Waals surface area contributed by atoms with Crippen molar-refractivity contribution in [1.82, 2.24) is 24.6 Å². The van der Waals surface area contributed by atoms with E-state index in [9.17, 15) is 13.2 Å². The predicted molar refractivity (Wildman–Crippen MR) is 89.2 cm³/mol. The van der Waals surface area contributed by atoms with Crippen molar-refractivity contribution in [3.63, 3.8) is 0 Å². The number of piperazine rings is 1. The zero-order valence-electron chi connectivity index (χ0n) is 14.0. The molecule has 26 heavy (non-hydrogen) atoms. The number of halogens is 3. The number of anilines is 2. The van der Waals surface area contributed by atoms with Crippen molar-refractivity contribution in [1.29, 1.82) is 0 Å². The molecule has 0 bridgehead atoms. The van der Waals surface area contributed by atoms with Crippen molar-refractivity contribution in [2.45, 2.75) is 13.1 Å². The molecule has 3 aromatic heterocycles. The van der Waals surface area contributed by atoms with Crippen molar-refractivity contribution < 1.29 is 13.2 Å². The van der Waals surface area contributed by atoms with Gasteiger partial charge in [-0.05, 0) is 13.0 Å². The van der Waals surface area contributed by atoms with E-state index in [1.54, 1.807) is 16.9 Å². The number of aryl methyl sites for hydroxylation is 1. The largest absolute Gasteiger partial charge is 0.433 e. The molecule has 3 aromatic rings. The van der Waals surface area contributed by atoms with Gasteiger partial charge in [-0.25, -0.2) is 19.5 Å². The summed E-state index contributed by atoms with van der Waals surface area (Å²) in [5, 5.41) is 4.38. The second kappa shape index (κ2) is 6.11. The lowest BCUT2D eigenvalue weighted by molar-refractivity contribution is -0.141. The van der Waals surface area contributed by atoms with Crippen LogP contribution in [0.4, 0.5) is 24.8 Å². The van der Waals surface area contributed by atoms with Gasteiger partial charge in [0.05, 0.1) is 5.69 Å². The molecule has 0 aromatic carbocycles. The Morgan fingerprint density at radius 3 is 2.42 bits per heavy atom. The fourth-order valence-electron chi connectivity index (χ4n) is 3.10. The van der Waals surface area contributed by atoms with Gasteiger partial charge in [-0.3, -0.25) is 0 Å². The third kappa shape index (κ3) is 3.02. The van der Waals surface area contributed by atoms with E-state index in [0.29, 0.717) is 32.0 Å². The van der Waals surface area contributed by atoms with Crippen molar-refractivity contribution in [3.05, 3.63) is 42.2 Å². The molecule has 0 unspecified atom stereocenters. The minimum atomic E-state index is -4.47. The lowest BCUT2D eigenvalue weighted by Gasteiger charge is -2.36. The molecule has 0 spiro atoms. The lowest BCUT2D eigenvalue weighted by atomic mass is 10.2. The summed E-state index contributed by atoms with van der Waals surface area (Å²) in [6.45, 7) is 4.26. The molecule has 4 rings (SSSR count). The summed E-state index contributed by atoms with van der Waals surface area (Å²) in [6.07, 6.45) is -0.0242. The lowest BCUT2D eigenvalue weighted by Crippen LogP contribution is -2.47. The maximum Gasteiger partial charge on any atom is 0.433 e. The van der Waals surface area contributed by atoms with Gasteiger partial charge < -0.3 is 9.80 Å². The quantitative estimate of drug-likeness (QED) is 0.695. The van der Waals surface area contributed by atoms with Gasteiger partial charge in [0.1, 0.15) is 23.4 Å². The van der Waals surface area contributed by atoms with Crippen LogP contribution in [-0.2, 0) is 6.18 Å². The highest BCUT2D eigenvalue weighted by atomic mass is 19.4. The minimum Gasteiger partial charge on any atom is -0.353 e. The Morgan fingerprint density at radius 1 is 0.962 bits per heavy atom. The van der Waals surface area contributed by atoms with Crippen LogP contribution in [0.25, 0.3) is 5.52 Å². The molecule has 0 aliphatic carbocycles. The van der Waals surface area contributed by atoms with Gasteiger partial charge in [-0.2, -0.15) is 18.3 Å². The molecule has 10 heteroatoms. The van der Waals surface area contributed by atoms with Gasteiger partial charge >= 0.3 is 6.18 Å². The molecule has 1 fully saturated rings. The molecule has 1 saturated heterocycles. The molecule has 0 amide bonds. The maximum atomic E-state index is 12.8. The fourth-order valence-corrected chi connectivity index (χ4v) is 3.10. The van der Waals surface area contributed by atoms with Crippen LogP contribution in [0.2, 0.25) is 0 Å². The molecule has 0 N–H and O–H groups in total. The van der Waals surface area contributed by atoms with E-state index in [2.05, 4.69) is 25.0 Å². The van der Waals surface area contributed by atoms with Crippen molar-refractivity contribution >= 4 is 17.2 Å². The molecule has 1 aliphatic rings. The van der Waals surface area contributed by atoms with Gasteiger partial charge in [0.15, 0.2) is 5.82 Å². The maximum absolute atomic E-state index is 12.8. The number of nitrogens with zero attached hydrogens (tertiary/aromatic N) is 7. The van der Waals surface area contributed by atoms with Gasteiger partial charge in [-0.15, -0.1) is 0 Å². The van der Waals surface area contributed by atoms with Crippen molar-refractivity contribution in [2.75, 3.05) is 36.0 Å². The first-order chi connectivity index (χ1) is 12.4. The molecule has 136 valence electrons. The molecular weight excluding hydrogens is 347 g/mol. The first-order valence-corrected chi connectivity index (χ1v) is 8.12. The first kappa shape index (κ1) is 16.6. The zero-order valence-corrected chi connectivity index (χ0v) is 14.0. The summed E-state index contributed by atoms with van der Waals surface area (Å²) in [4.78, 5) is 15.7. The summed E-state index contributed by atoms with van der Waals surface area (Å²) < 4.78 is 40.3. The average Bonchev–Trinajstić information content (AvgIpc) is 3.01. The van der Waals surface area contributed by atoms with Crippen LogP contribution < -0.4 is 9.80 Å². The number of alkyl halides is 3. The second-order valence-electron chi connectivity index (χ2n) is 6.10. The van der Waals surface area contributed by atoms with E-state index in [1.807, 2.05) is 17.9 Å². The highest BCUT2D eigenvalue weighted by molar-refractivity contribution is 5.69. The number of aromatic nitrogens is 5. The Balaban J connectivity index is 1.52. The van der Waals surface area contributed by atoms with Crippen LogP contribution >= 0.6 is 0 Å². The molecule has 4 heterocycles. The van der Waals surface area contributed by atoms with Gasteiger partial charge in [0.25, 0.3) is 0 Å². The Hall–Kier alpha value is -2.91. The highest BCUT2D eigenvalue weighted by Crippen LogP contribution is 2.29. The summed E-state index contributed by atoms with van der Waals surface area (Å²) in [5.41, 5.74) is 0.893. The SMILES string of the molecule is Cc1cc2c(N3CCN(c4cc(C(F)(F)F)ncn4)CC3)nccn2n1. The normalized spacial score (nSPS) is 15.7. The van der Waals surface area contributed by atoms with E-state index in [-0.39, 0.29) is 0 Å². The van der Waals surface area contributed by atoms with Crippen LogP contribution in [0, 0.1) is 6.92 Å². The Morgan fingerprint density at radius 2 is 1.69 bits per heavy atom. The zero-order chi connectivity index (χ0) is 18.3. The van der Waals surface area contributed by atoms with Crippen LogP contribution in [0.15, 0.2) is 30.9 Å². The van der Waals surface area contributed by atoms with Crippen LogP contribution in [-0.4, -0.2) is 50.7 Å². The summed E-state index contributed by atoms with van der Waals surface area (Å²) in [5.74, 6) is 1.12. The Bertz CT molecular complexity index is 929. The van der Waals surface area contributed by atoms with E-state index >= 15 is 0 Å².